The molecule has 20 heavy (non-hydrogen) atoms. The SMILES string of the molecule is CCn1nc(C)cc1-c1nnc(SCC(=O)O)n1CC. The highest BCUT2D eigenvalue weighted by molar-refractivity contribution is 7.99. The predicted octanol–water partition coefficient (Wildman–Crippen LogP) is 1.67. The summed E-state index contributed by atoms with van der Waals surface area (Å²) in [6.45, 7) is 7.36. The van der Waals surface area contributed by atoms with Crippen LogP contribution >= 0.6 is 11.8 Å². The molecule has 0 aromatic carbocycles. The molecule has 2 heterocycles. The average molecular weight is 295 g/mol. The van der Waals surface area contributed by atoms with E-state index in [1.807, 2.05) is 36.1 Å². The molecule has 0 aliphatic carbocycles. The Labute approximate surface area is 121 Å². The molecule has 0 spiro atoms. The summed E-state index contributed by atoms with van der Waals surface area (Å²) in [5.74, 6) is -0.163. The minimum atomic E-state index is -0.864. The van der Waals surface area contributed by atoms with Gasteiger partial charge in [0.2, 0.25) is 0 Å². The molecule has 0 amide bonds. The van der Waals surface area contributed by atoms with Crippen LogP contribution < -0.4 is 0 Å². The first kappa shape index (κ1) is 14.6. The molecule has 8 heteroatoms. The van der Waals surface area contributed by atoms with E-state index < -0.39 is 5.97 Å². The molecule has 1 N–H and O–H groups in total. The van der Waals surface area contributed by atoms with Gasteiger partial charge in [0, 0.05) is 13.1 Å². The number of rotatable bonds is 6. The summed E-state index contributed by atoms with van der Waals surface area (Å²) in [7, 11) is 0. The lowest BCUT2D eigenvalue weighted by atomic mass is 10.3. The highest BCUT2D eigenvalue weighted by Gasteiger charge is 2.17. The van der Waals surface area contributed by atoms with Crippen molar-refractivity contribution in [1.29, 1.82) is 0 Å². The molecule has 0 bridgehead atoms. The topological polar surface area (TPSA) is 85.8 Å². The summed E-state index contributed by atoms with van der Waals surface area (Å²) in [4.78, 5) is 10.7. The Bertz CT molecular complexity index is 619. The first-order valence-corrected chi connectivity index (χ1v) is 7.38. The van der Waals surface area contributed by atoms with Gasteiger partial charge in [0.25, 0.3) is 0 Å². The van der Waals surface area contributed by atoms with Crippen molar-refractivity contribution in [3.63, 3.8) is 0 Å². The highest BCUT2D eigenvalue weighted by Crippen LogP contribution is 2.24. The molecule has 108 valence electrons. The molecule has 2 rings (SSSR count). The van der Waals surface area contributed by atoms with Crippen molar-refractivity contribution in [2.24, 2.45) is 0 Å². The number of thioether (sulfide) groups is 1. The van der Waals surface area contributed by atoms with Gasteiger partial charge in [-0.2, -0.15) is 5.10 Å². The second-order valence-electron chi connectivity index (χ2n) is 4.22. The Morgan fingerprint density at radius 1 is 1.35 bits per heavy atom. The predicted molar refractivity (Wildman–Crippen MR) is 75.7 cm³/mol. The molecule has 0 atom stereocenters. The van der Waals surface area contributed by atoms with Crippen molar-refractivity contribution in [3.8, 4) is 11.5 Å². The molecule has 0 saturated heterocycles. The van der Waals surface area contributed by atoms with Crippen LogP contribution in [0.2, 0.25) is 0 Å². The lowest BCUT2D eigenvalue weighted by Crippen LogP contribution is -2.06. The summed E-state index contributed by atoms with van der Waals surface area (Å²) < 4.78 is 3.79. The monoisotopic (exact) mass is 295 g/mol. The molecular weight excluding hydrogens is 278 g/mol. The summed E-state index contributed by atoms with van der Waals surface area (Å²) in [6.07, 6.45) is 0. The van der Waals surface area contributed by atoms with Gasteiger partial charge in [-0.05, 0) is 26.8 Å². The molecule has 0 aliphatic rings. The fourth-order valence-corrected chi connectivity index (χ4v) is 2.69. The van der Waals surface area contributed by atoms with Crippen molar-refractivity contribution < 1.29 is 9.90 Å². The second-order valence-corrected chi connectivity index (χ2v) is 5.16. The van der Waals surface area contributed by atoms with E-state index in [-0.39, 0.29) is 5.75 Å². The van der Waals surface area contributed by atoms with E-state index in [1.165, 1.54) is 11.8 Å². The number of nitrogens with zero attached hydrogens (tertiary/aromatic N) is 5. The van der Waals surface area contributed by atoms with Crippen molar-refractivity contribution in [2.45, 2.75) is 39.0 Å². The van der Waals surface area contributed by atoms with Crippen molar-refractivity contribution in [3.05, 3.63) is 11.8 Å². The molecule has 0 unspecified atom stereocenters. The van der Waals surface area contributed by atoms with E-state index in [0.717, 1.165) is 23.8 Å². The Hall–Kier alpha value is -1.83. The van der Waals surface area contributed by atoms with E-state index in [2.05, 4.69) is 15.3 Å². The van der Waals surface area contributed by atoms with Gasteiger partial charge in [0.15, 0.2) is 11.0 Å². The molecule has 2 aromatic rings. The molecule has 0 fully saturated rings. The van der Waals surface area contributed by atoms with Gasteiger partial charge in [0.1, 0.15) is 5.69 Å². The zero-order chi connectivity index (χ0) is 14.7. The maximum absolute atomic E-state index is 10.7. The molecule has 7 nitrogen and oxygen atoms in total. The normalized spacial score (nSPS) is 10.9. The zero-order valence-corrected chi connectivity index (χ0v) is 12.5. The molecular formula is C12H17N5O2S. The van der Waals surface area contributed by atoms with Gasteiger partial charge >= 0.3 is 5.97 Å². The van der Waals surface area contributed by atoms with Crippen LogP contribution in [0.3, 0.4) is 0 Å². The van der Waals surface area contributed by atoms with Crippen LogP contribution in [0.4, 0.5) is 0 Å². The largest absolute Gasteiger partial charge is 0.481 e. The highest BCUT2D eigenvalue weighted by atomic mass is 32.2. The third-order valence-electron chi connectivity index (χ3n) is 2.79. The first-order valence-electron chi connectivity index (χ1n) is 6.39. The first-order chi connectivity index (χ1) is 9.56. The Morgan fingerprint density at radius 2 is 2.10 bits per heavy atom. The number of hydrogen-bond acceptors (Lipinski definition) is 5. The zero-order valence-electron chi connectivity index (χ0n) is 11.7. The summed E-state index contributed by atoms with van der Waals surface area (Å²) in [6, 6.07) is 1.96. The van der Waals surface area contributed by atoms with Gasteiger partial charge in [-0.1, -0.05) is 11.8 Å². The van der Waals surface area contributed by atoms with Crippen molar-refractivity contribution in [1.82, 2.24) is 24.5 Å². The van der Waals surface area contributed by atoms with Crippen molar-refractivity contribution in [2.75, 3.05) is 5.75 Å². The lowest BCUT2D eigenvalue weighted by Gasteiger charge is -2.07. The number of carboxylic acid groups (broad SMARTS) is 1. The van der Waals surface area contributed by atoms with E-state index in [1.54, 1.807) is 0 Å². The van der Waals surface area contributed by atoms with Gasteiger partial charge in [-0.3, -0.25) is 9.48 Å². The van der Waals surface area contributed by atoms with Crippen LogP contribution in [0, 0.1) is 6.92 Å². The standard InChI is InChI=1S/C12H17N5O2S/c1-4-16-11(9-6-8(3)15-17(9)5-2)13-14-12(16)20-7-10(18)19/h6H,4-5,7H2,1-3H3,(H,18,19). The number of aromatic nitrogens is 5. The maximum atomic E-state index is 10.7. The Kier molecular flexibility index (Phi) is 4.43. The summed E-state index contributed by atoms with van der Waals surface area (Å²) in [5, 5.41) is 22.1. The van der Waals surface area contributed by atoms with E-state index in [9.17, 15) is 4.79 Å². The molecule has 0 radical (unpaired) electrons. The van der Waals surface area contributed by atoms with Crippen LogP contribution in [-0.4, -0.2) is 41.4 Å². The van der Waals surface area contributed by atoms with Crippen LogP contribution in [0.15, 0.2) is 11.2 Å². The van der Waals surface area contributed by atoms with E-state index in [4.69, 9.17) is 5.11 Å². The summed E-state index contributed by atoms with van der Waals surface area (Å²) in [5.41, 5.74) is 1.83. The van der Waals surface area contributed by atoms with Gasteiger partial charge < -0.3 is 9.67 Å². The molecule has 2 aromatic heterocycles. The minimum absolute atomic E-state index is 0.0236. The van der Waals surface area contributed by atoms with Gasteiger partial charge in [-0.15, -0.1) is 10.2 Å². The maximum Gasteiger partial charge on any atom is 0.313 e. The number of carboxylic acids is 1. The average Bonchev–Trinajstić information content (AvgIpc) is 2.98. The van der Waals surface area contributed by atoms with Crippen molar-refractivity contribution >= 4 is 17.7 Å². The number of aliphatic carboxylic acids is 1. The third kappa shape index (κ3) is 2.84. The van der Waals surface area contributed by atoms with Gasteiger partial charge in [0.05, 0.1) is 11.4 Å². The fourth-order valence-electron chi connectivity index (χ4n) is 1.96. The Balaban J connectivity index is 2.39. The number of carbonyl (C=O) groups is 1. The van der Waals surface area contributed by atoms with Crippen LogP contribution in [0.1, 0.15) is 19.5 Å². The molecule has 0 aliphatic heterocycles. The minimum Gasteiger partial charge on any atom is -0.481 e. The molecule has 0 saturated carbocycles. The third-order valence-corrected chi connectivity index (χ3v) is 3.74. The lowest BCUT2D eigenvalue weighted by molar-refractivity contribution is -0.133. The fraction of sp³-hybridized carbons (Fsp3) is 0.500. The van der Waals surface area contributed by atoms with E-state index >= 15 is 0 Å². The smallest absolute Gasteiger partial charge is 0.313 e. The van der Waals surface area contributed by atoms with Crippen LogP contribution in [-0.2, 0) is 17.9 Å². The van der Waals surface area contributed by atoms with Gasteiger partial charge in [-0.25, -0.2) is 0 Å². The quantitative estimate of drug-likeness (QED) is 0.816. The summed E-state index contributed by atoms with van der Waals surface area (Å²) >= 11 is 1.18. The Morgan fingerprint density at radius 3 is 2.70 bits per heavy atom. The number of aryl methyl sites for hydroxylation is 2. The van der Waals surface area contributed by atoms with E-state index in [0.29, 0.717) is 11.7 Å². The second kappa shape index (κ2) is 6.08. The van der Waals surface area contributed by atoms with Crippen LogP contribution in [0.5, 0.6) is 0 Å². The van der Waals surface area contributed by atoms with Crippen LogP contribution in [0.25, 0.3) is 11.5 Å². The number of hydrogen-bond donors (Lipinski definition) is 1.